The highest BCUT2D eigenvalue weighted by Gasteiger charge is 2.24. The van der Waals surface area contributed by atoms with Gasteiger partial charge in [-0.05, 0) is 42.8 Å². The molecule has 0 atom stereocenters. The van der Waals surface area contributed by atoms with E-state index in [0.717, 1.165) is 41.3 Å². The van der Waals surface area contributed by atoms with Gasteiger partial charge in [0.05, 0.1) is 17.3 Å². The summed E-state index contributed by atoms with van der Waals surface area (Å²) < 4.78 is 1.88. The predicted molar refractivity (Wildman–Crippen MR) is 135 cm³/mol. The van der Waals surface area contributed by atoms with Crippen LogP contribution in [0.2, 0.25) is 5.02 Å². The van der Waals surface area contributed by atoms with Gasteiger partial charge in [-0.15, -0.1) is 0 Å². The summed E-state index contributed by atoms with van der Waals surface area (Å²) in [6.07, 6.45) is 2.71. The van der Waals surface area contributed by atoms with Crippen molar-refractivity contribution in [1.29, 1.82) is 0 Å². The highest BCUT2D eigenvalue weighted by molar-refractivity contribution is 6.30. The second-order valence-corrected chi connectivity index (χ2v) is 9.27. The molecule has 2 aromatic carbocycles. The number of benzene rings is 2. The lowest BCUT2D eigenvalue weighted by molar-refractivity contribution is 0.0767. The van der Waals surface area contributed by atoms with Crippen molar-refractivity contribution in [3.05, 3.63) is 77.2 Å². The molecule has 0 bridgehead atoms. The van der Waals surface area contributed by atoms with Crippen LogP contribution in [0.1, 0.15) is 42.4 Å². The van der Waals surface area contributed by atoms with E-state index < -0.39 is 0 Å². The van der Waals surface area contributed by atoms with Crippen molar-refractivity contribution in [2.24, 2.45) is 0 Å². The smallest absolute Gasteiger partial charge is 0.253 e. The summed E-state index contributed by atoms with van der Waals surface area (Å²) in [7, 11) is 0. The first-order valence-electron chi connectivity index (χ1n) is 11.6. The Labute approximate surface area is 204 Å². The average molecular weight is 475 g/mol. The number of fused-ring (bicyclic) bond motifs is 1. The number of anilines is 1. The largest absolute Gasteiger partial charge is 0.354 e. The fourth-order valence-electron chi connectivity index (χ4n) is 4.27. The number of carbonyl (C=O) groups excluding carboxylic acids is 1. The maximum Gasteiger partial charge on any atom is 0.253 e. The standard InChI is InChI=1S/C26H27ClN6O/c1-18(2)23-29-24(22-17-28-33(25(22)30-23)21-7-4-3-5-8-21)31-13-6-14-32(16-15-31)26(34)19-9-11-20(27)12-10-19/h3-5,7-12,17-18H,6,13-16H2,1-2H3. The Morgan fingerprint density at radius 3 is 2.44 bits per heavy atom. The molecule has 0 unspecified atom stereocenters. The van der Waals surface area contributed by atoms with Crippen LogP contribution >= 0.6 is 11.6 Å². The molecule has 0 spiro atoms. The normalized spacial score (nSPS) is 14.6. The van der Waals surface area contributed by atoms with Crippen LogP contribution in [-0.2, 0) is 0 Å². The van der Waals surface area contributed by atoms with Crippen molar-refractivity contribution in [3.8, 4) is 5.69 Å². The molecular formula is C26H27ClN6O. The van der Waals surface area contributed by atoms with Gasteiger partial charge in [0.15, 0.2) is 5.65 Å². The molecule has 1 aliphatic rings. The number of nitrogens with zero attached hydrogens (tertiary/aromatic N) is 6. The topological polar surface area (TPSA) is 67.2 Å². The van der Waals surface area contributed by atoms with E-state index in [4.69, 9.17) is 21.6 Å². The molecule has 3 heterocycles. The van der Waals surface area contributed by atoms with Crippen molar-refractivity contribution in [2.75, 3.05) is 31.1 Å². The molecule has 1 saturated heterocycles. The summed E-state index contributed by atoms with van der Waals surface area (Å²) in [6, 6.07) is 17.1. The summed E-state index contributed by atoms with van der Waals surface area (Å²) in [4.78, 5) is 27.1. The third kappa shape index (κ3) is 4.35. The highest BCUT2D eigenvalue weighted by Crippen LogP contribution is 2.28. The molecule has 4 aromatic rings. The van der Waals surface area contributed by atoms with Gasteiger partial charge < -0.3 is 9.80 Å². The zero-order valence-corrected chi connectivity index (χ0v) is 20.1. The Hall–Kier alpha value is -3.45. The number of hydrogen-bond acceptors (Lipinski definition) is 5. The first-order valence-corrected chi connectivity index (χ1v) is 12.0. The third-order valence-corrected chi connectivity index (χ3v) is 6.37. The van der Waals surface area contributed by atoms with Crippen molar-refractivity contribution in [2.45, 2.75) is 26.2 Å². The van der Waals surface area contributed by atoms with E-state index in [0.29, 0.717) is 30.2 Å². The molecule has 0 radical (unpaired) electrons. The van der Waals surface area contributed by atoms with Gasteiger partial charge in [-0.25, -0.2) is 14.6 Å². The first kappa shape index (κ1) is 22.3. The van der Waals surface area contributed by atoms with Crippen LogP contribution < -0.4 is 4.90 Å². The quantitative estimate of drug-likeness (QED) is 0.419. The average Bonchev–Trinajstić information content (AvgIpc) is 3.13. The van der Waals surface area contributed by atoms with Crippen molar-refractivity contribution in [3.63, 3.8) is 0 Å². The summed E-state index contributed by atoms with van der Waals surface area (Å²) in [5, 5.41) is 6.20. The maximum absolute atomic E-state index is 13.0. The summed E-state index contributed by atoms with van der Waals surface area (Å²) in [6.45, 7) is 7.03. The lowest BCUT2D eigenvalue weighted by atomic mass is 10.2. The second-order valence-electron chi connectivity index (χ2n) is 8.83. The van der Waals surface area contributed by atoms with Crippen LogP contribution in [0.4, 0.5) is 5.82 Å². The molecular weight excluding hydrogens is 448 g/mol. The fourth-order valence-corrected chi connectivity index (χ4v) is 4.40. The SMILES string of the molecule is CC(C)c1nc(N2CCCN(C(=O)c3ccc(Cl)cc3)CC2)c2cnn(-c3ccccc3)c2n1. The van der Waals surface area contributed by atoms with Gasteiger partial charge >= 0.3 is 0 Å². The van der Waals surface area contributed by atoms with E-state index in [1.165, 1.54) is 0 Å². The fraction of sp³-hybridized carbons (Fsp3) is 0.308. The van der Waals surface area contributed by atoms with E-state index in [1.807, 2.05) is 46.1 Å². The predicted octanol–water partition coefficient (Wildman–Crippen LogP) is 4.94. The van der Waals surface area contributed by atoms with E-state index >= 15 is 0 Å². The van der Waals surface area contributed by atoms with Crippen molar-refractivity contribution >= 4 is 34.4 Å². The van der Waals surface area contributed by atoms with Crippen LogP contribution in [0.25, 0.3) is 16.7 Å². The van der Waals surface area contributed by atoms with Crippen molar-refractivity contribution < 1.29 is 4.79 Å². The van der Waals surface area contributed by atoms with Gasteiger partial charge in [0.1, 0.15) is 11.6 Å². The monoisotopic (exact) mass is 474 g/mol. The van der Waals surface area contributed by atoms with Crippen LogP contribution in [0, 0.1) is 0 Å². The second kappa shape index (κ2) is 9.43. The van der Waals surface area contributed by atoms with Crippen LogP contribution in [0.3, 0.4) is 0 Å². The maximum atomic E-state index is 13.0. The number of aromatic nitrogens is 4. The Kier molecular flexibility index (Phi) is 6.20. The lowest BCUT2D eigenvalue weighted by Gasteiger charge is -2.24. The number of rotatable bonds is 4. The third-order valence-electron chi connectivity index (χ3n) is 6.12. The van der Waals surface area contributed by atoms with Crippen molar-refractivity contribution in [1.82, 2.24) is 24.6 Å². The molecule has 0 N–H and O–H groups in total. The Morgan fingerprint density at radius 1 is 0.941 bits per heavy atom. The molecule has 1 fully saturated rings. The molecule has 1 amide bonds. The van der Waals surface area contributed by atoms with Gasteiger partial charge in [-0.1, -0.05) is 43.6 Å². The van der Waals surface area contributed by atoms with E-state index in [2.05, 4.69) is 23.8 Å². The van der Waals surface area contributed by atoms with E-state index in [-0.39, 0.29) is 11.8 Å². The first-order chi connectivity index (χ1) is 16.5. The van der Waals surface area contributed by atoms with Gasteiger partial charge in [0.25, 0.3) is 5.91 Å². The highest BCUT2D eigenvalue weighted by atomic mass is 35.5. The van der Waals surface area contributed by atoms with Gasteiger partial charge in [0.2, 0.25) is 0 Å². The number of amides is 1. The van der Waals surface area contributed by atoms with Gasteiger partial charge in [0, 0.05) is 42.7 Å². The molecule has 0 saturated carbocycles. The zero-order valence-electron chi connectivity index (χ0n) is 19.4. The number of para-hydroxylation sites is 1. The van der Waals surface area contributed by atoms with Crippen LogP contribution in [-0.4, -0.2) is 56.7 Å². The minimum Gasteiger partial charge on any atom is -0.354 e. The lowest BCUT2D eigenvalue weighted by Crippen LogP contribution is -2.35. The van der Waals surface area contributed by atoms with Gasteiger partial charge in [-0.3, -0.25) is 4.79 Å². The summed E-state index contributed by atoms with van der Waals surface area (Å²) in [5.74, 6) is 1.89. The van der Waals surface area contributed by atoms with Crippen LogP contribution in [0.15, 0.2) is 60.8 Å². The summed E-state index contributed by atoms with van der Waals surface area (Å²) >= 11 is 5.99. The zero-order chi connectivity index (χ0) is 23.7. The molecule has 0 aliphatic carbocycles. The molecule has 7 nitrogen and oxygen atoms in total. The minimum atomic E-state index is 0.0334. The molecule has 2 aromatic heterocycles. The van der Waals surface area contributed by atoms with E-state index in [9.17, 15) is 4.79 Å². The summed E-state index contributed by atoms with van der Waals surface area (Å²) in [5.41, 5.74) is 2.43. The number of halogens is 1. The minimum absolute atomic E-state index is 0.0334. The van der Waals surface area contributed by atoms with Gasteiger partial charge in [-0.2, -0.15) is 5.10 Å². The molecule has 1 aliphatic heterocycles. The van der Waals surface area contributed by atoms with Crippen LogP contribution in [0.5, 0.6) is 0 Å². The number of hydrogen-bond donors (Lipinski definition) is 0. The number of carbonyl (C=O) groups is 1. The molecule has 174 valence electrons. The Morgan fingerprint density at radius 2 is 1.71 bits per heavy atom. The molecule has 5 rings (SSSR count). The Balaban J connectivity index is 1.46. The molecule has 34 heavy (non-hydrogen) atoms. The van der Waals surface area contributed by atoms with E-state index in [1.54, 1.807) is 24.3 Å². The Bertz CT molecular complexity index is 1300. The molecule has 8 heteroatoms.